The molecule has 0 saturated heterocycles. The van der Waals surface area contributed by atoms with Gasteiger partial charge in [0.1, 0.15) is 11.6 Å². The lowest BCUT2D eigenvalue weighted by molar-refractivity contribution is 0.605. The molecule has 0 aliphatic carbocycles. The average molecular weight is 296 g/mol. The lowest BCUT2D eigenvalue weighted by atomic mass is 10.1. The molecule has 106 valence electrons. The molecule has 2 aromatic carbocycles. The Balaban J connectivity index is 1.99. The number of halogens is 3. The van der Waals surface area contributed by atoms with Gasteiger partial charge in [-0.15, -0.1) is 0 Å². The Kier molecular flexibility index (Phi) is 4.73. The number of aryl methyl sites for hydroxylation is 2. The summed E-state index contributed by atoms with van der Waals surface area (Å²) in [4.78, 5) is 0. The van der Waals surface area contributed by atoms with Crippen molar-refractivity contribution in [3.05, 3.63) is 69.2 Å². The van der Waals surface area contributed by atoms with Crippen molar-refractivity contribution in [1.29, 1.82) is 0 Å². The number of hydrogen-bond acceptors (Lipinski definition) is 1. The van der Waals surface area contributed by atoms with Gasteiger partial charge in [0, 0.05) is 18.1 Å². The van der Waals surface area contributed by atoms with Crippen molar-refractivity contribution in [1.82, 2.24) is 5.32 Å². The van der Waals surface area contributed by atoms with Crippen LogP contribution < -0.4 is 5.32 Å². The molecule has 2 aromatic rings. The Morgan fingerprint density at radius 2 is 1.45 bits per heavy atom. The fourth-order valence-corrected chi connectivity index (χ4v) is 2.45. The van der Waals surface area contributed by atoms with Crippen molar-refractivity contribution in [2.75, 3.05) is 0 Å². The van der Waals surface area contributed by atoms with Gasteiger partial charge in [-0.05, 0) is 54.3 Å². The molecule has 2 rings (SSSR count). The molecule has 0 unspecified atom stereocenters. The highest BCUT2D eigenvalue weighted by molar-refractivity contribution is 6.30. The molecular formula is C16H16ClF2N. The van der Waals surface area contributed by atoms with Gasteiger partial charge in [-0.2, -0.15) is 0 Å². The normalized spacial score (nSPS) is 10.8. The zero-order valence-electron chi connectivity index (χ0n) is 11.4. The van der Waals surface area contributed by atoms with Crippen LogP contribution in [0.2, 0.25) is 5.02 Å². The van der Waals surface area contributed by atoms with E-state index < -0.39 is 0 Å². The fraction of sp³-hybridized carbons (Fsp3) is 0.250. The molecule has 20 heavy (non-hydrogen) atoms. The van der Waals surface area contributed by atoms with Gasteiger partial charge in [-0.1, -0.05) is 23.7 Å². The van der Waals surface area contributed by atoms with Crippen molar-refractivity contribution in [2.24, 2.45) is 0 Å². The van der Waals surface area contributed by atoms with Crippen LogP contribution in [0.15, 0.2) is 30.3 Å². The van der Waals surface area contributed by atoms with E-state index in [9.17, 15) is 8.78 Å². The molecule has 0 atom stereocenters. The molecule has 0 fully saturated rings. The predicted octanol–water partition coefficient (Wildman–Crippen LogP) is 4.52. The maximum atomic E-state index is 13.5. The van der Waals surface area contributed by atoms with E-state index in [1.807, 2.05) is 12.1 Å². The van der Waals surface area contributed by atoms with Gasteiger partial charge in [0.15, 0.2) is 0 Å². The van der Waals surface area contributed by atoms with Crippen molar-refractivity contribution >= 4 is 11.6 Å². The predicted molar refractivity (Wildman–Crippen MR) is 77.8 cm³/mol. The minimum absolute atomic E-state index is 0.161. The van der Waals surface area contributed by atoms with Crippen LogP contribution in [0.4, 0.5) is 8.78 Å². The molecule has 0 radical (unpaired) electrons. The van der Waals surface area contributed by atoms with E-state index in [0.717, 1.165) is 11.1 Å². The van der Waals surface area contributed by atoms with Crippen molar-refractivity contribution < 1.29 is 8.78 Å². The number of benzene rings is 2. The highest BCUT2D eigenvalue weighted by Gasteiger charge is 2.04. The molecule has 0 spiro atoms. The summed E-state index contributed by atoms with van der Waals surface area (Å²) in [5.74, 6) is -0.506. The molecule has 4 heteroatoms. The van der Waals surface area contributed by atoms with Crippen LogP contribution in [0.3, 0.4) is 0 Å². The summed E-state index contributed by atoms with van der Waals surface area (Å²) in [6.07, 6.45) is 0. The first kappa shape index (κ1) is 14.9. The molecule has 0 aliphatic heterocycles. The smallest absolute Gasteiger partial charge is 0.129 e. The first-order valence-corrected chi connectivity index (χ1v) is 6.75. The fourth-order valence-electron chi connectivity index (χ4n) is 2.20. The molecule has 0 saturated carbocycles. The van der Waals surface area contributed by atoms with Crippen LogP contribution in [-0.4, -0.2) is 0 Å². The zero-order valence-corrected chi connectivity index (χ0v) is 12.2. The molecule has 0 heterocycles. The summed E-state index contributed by atoms with van der Waals surface area (Å²) in [7, 11) is 0. The van der Waals surface area contributed by atoms with Crippen LogP contribution in [0.5, 0.6) is 0 Å². The zero-order chi connectivity index (χ0) is 14.7. The van der Waals surface area contributed by atoms with Crippen LogP contribution in [0.1, 0.15) is 22.3 Å². The van der Waals surface area contributed by atoms with Gasteiger partial charge in [-0.3, -0.25) is 0 Å². The first-order valence-electron chi connectivity index (χ1n) is 6.37. The van der Waals surface area contributed by atoms with E-state index in [4.69, 9.17) is 11.6 Å². The Morgan fingerprint density at radius 1 is 0.900 bits per heavy atom. The molecule has 0 amide bonds. The quantitative estimate of drug-likeness (QED) is 0.874. The van der Waals surface area contributed by atoms with Crippen molar-refractivity contribution in [3.63, 3.8) is 0 Å². The Morgan fingerprint density at radius 3 is 2.00 bits per heavy atom. The van der Waals surface area contributed by atoms with Gasteiger partial charge < -0.3 is 5.32 Å². The monoisotopic (exact) mass is 295 g/mol. The van der Waals surface area contributed by atoms with Gasteiger partial charge in [0.2, 0.25) is 0 Å². The largest absolute Gasteiger partial charge is 0.309 e. The van der Waals surface area contributed by atoms with Gasteiger partial charge in [0.05, 0.1) is 0 Å². The molecular weight excluding hydrogens is 280 g/mol. The van der Waals surface area contributed by atoms with Gasteiger partial charge in [-0.25, -0.2) is 8.78 Å². The molecule has 0 aromatic heterocycles. The summed E-state index contributed by atoms with van der Waals surface area (Å²) in [6.45, 7) is 4.60. The second-order valence-electron chi connectivity index (χ2n) is 4.92. The van der Waals surface area contributed by atoms with Crippen LogP contribution in [0.25, 0.3) is 0 Å². The first-order chi connectivity index (χ1) is 9.45. The molecule has 0 bridgehead atoms. The van der Waals surface area contributed by atoms with Gasteiger partial charge in [0.25, 0.3) is 0 Å². The second kappa shape index (κ2) is 6.33. The van der Waals surface area contributed by atoms with Gasteiger partial charge >= 0.3 is 0 Å². The number of rotatable bonds is 4. The van der Waals surface area contributed by atoms with Crippen LogP contribution >= 0.6 is 11.6 Å². The molecule has 1 nitrogen and oxygen atoms in total. The number of hydrogen-bond donors (Lipinski definition) is 1. The van der Waals surface area contributed by atoms with E-state index in [2.05, 4.69) is 5.32 Å². The van der Waals surface area contributed by atoms with Crippen molar-refractivity contribution in [2.45, 2.75) is 26.9 Å². The average Bonchev–Trinajstić information content (AvgIpc) is 2.34. The topological polar surface area (TPSA) is 12.0 Å². The van der Waals surface area contributed by atoms with E-state index in [1.54, 1.807) is 19.9 Å². The maximum absolute atomic E-state index is 13.5. The summed E-state index contributed by atoms with van der Waals surface area (Å²) in [6, 6.07) is 8.07. The van der Waals surface area contributed by atoms with Crippen LogP contribution in [0, 0.1) is 25.5 Å². The Bertz CT molecular complexity index is 583. The van der Waals surface area contributed by atoms with Crippen molar-refractivity contribution in [3.8, 4) is 0 Å². The minimum Gasteiger partial charge on any atom is -0.309 e. The third-order valence-electron chi connectivity index (χ3n) is 3.08. The van der Waals surface area contributed by atoms with E-state index in [0.29, 0.717) is 29.2 Å². The minimum atomic E-state index is -0.345. The lowest BCUT2D eigenvalue weighted by Crippen LogP contribution is -2.13. The van der Waals surface area contributed by atoms with E-state index in [-0.39, 0.29) is 11.6 Å². The van der Waals surface area contributed by atoms with Crippen LogP contribution in [-0.2, 0) is 13.1 Å². The SMILES string of the molecule is Cc1cc(CNCc2cc(F)cc(Cl)c2)cc(C)c1F. The summed E-state index contributed by atoms with van der Waals surface area (Å²) < 4.78 is 26.7. The third kappa shape index (κ3) is 3.78. The Labute approximate surface area is 122 Å². The van der Waals surface area contributed by atoms with E-state index in [1.165, 1.54) is 12.1 Å². The lowest BCUT2D eigenvalue weighted by Gasteiger charge is -2.09. The third-order valence-corrected chi connectivity index (χ3v) is 3.30. The molecule has 0 aliphatic rings. The summed E-state index contributed by atoms with van der Waals surface area (Å²) >= 11 is 5.80. The highest BCUT2D eigenvalue weighted by Crippen LogP contribution is 2.16. The summed E-state index contributed by atoms with van der Waals surface area (Å²) in [5, 5.41) is 3.58. The second-order valence-corrected chi connectivity index (χ2v) is 5.36. The highest BCUT2D eigenvalue weighted by atomic mass is 35.5. The summed E-state index contributed by atoms with van der Waals surface area (Å²) in [5.41, 5.74) is 3.06. The molecule has 1 N–H and O–H groups in total. The number of nitrogens with one attached hydrogen (secondary N) is 1. The van der Waals surface area contributed by atoms with E-state index >= 15 is 0 Å². The standard InChI is InChI=1S/C16H16ClF2N/c1-10-3-12(4-11(2)16(10)19)8-20-9-13-5-14(17)7-15(18)6-13/h3-7,20H,8-9H2,1-2H3. The Hall–Kier alpha value is -1.45. The maximum Gasteiger partial charge on any atom is 0.129 e.